The van der Waals surface area contributed by atoms with Crippen LogP contribution in [0.1, 0.15) is 11.3 Å². The molecular formula is C20H18FN3O2. The Hall–Kier alpha value is -3.15. The van der Waals surface area contributed by atoms with Gasteiger partial charge >= 0.3 is 0 Å². The Kier molecular flexibility index (Phi) is 4.39. The van der Waals surface area contributed by atoms with Gasteiger partial charge in [-0.3, -0.25) is 9.89 Å². The quantitative estimate of drug-likeness (QED) is 0.785. The smallest absolute Gasteiger partial charge is 0.260 e. The van der Waals surface area contributed by atoms with Crippen LogP contribution in [-0.4, -0.2) is 34.2 Å². The fraction of sp³-hybridized carbons (Fsp3) is 0.200. The molecule has 1 aliphatic heterocycles. The molecule has 132 valence electrons. The van der Waals surface area contributed by atoms with Crippen LogP contribution in [-0.2, 0) is 17.8 Å². The number of carbonyl (C=O) groups excluding carboxylic acids is 1. The monoisotopic (exact) mass is 351 g/mol. The molecule has 26 heavy (non-hydrogen) atoms. The highest BCUT2D eigenvalue weighted by Gasteiger charge is 2.26. The average Bonchev–Trinajstić information content (AvgIpc) is 3.10. The summed E-state index contributed by atoms with van der Waals surface area (Å²) >= 11 is 0. The lowest BCUT2D eigenvalue weighted by Crippen LogP contribution is -2.38. The highest BCUT2D eigenvalue weighted by molar-refractivity contribution is 5.78. The molecule has 0 radical (unpaired) electrons. The van der Waals surface area contributed by atoms with Crippen molar-refractivity contribution in [2.24, 2.45) is 0 Å². The number of nitrogens with one attached hydrogen (secondary N) is 1. The molecule has 2 aromatic carbocycles. The number of halogens is 1. The normalized spacial score (nSPS) is 13.3. The topological polar surface area (TPSA) is 58.2 Å². The van der Waals surface area contributed by atoms with E-state index in [1.807, 2.05) is 36.4 Å². The van der Waals surface area contributed by atoms with Crippen molar-refractivity contribution in [2.45, 2.75) is 13.0 Å². The van der Waals surface area contributed by atoms with Crippen LogP contribution in [0.2, 0.25) is 0 Å². The Labute approximate surface area is 150 Å². The minimum atomic E-state index is -0.306. The molecule has 0 bridgehead atoms. The number of ether oxygens (including phenoxy) is 1. The molecule has 0 spiro atoms. The van der Waals surface area contributed by atoms with Crippen LogP contribution >= 0.6 is 0 Å². The number of fused-ring (bicyclic) bond motifs is 1. The third kappa shape index (κ3) is 3.31. The Morgan fingerprint density at radius 3 is 2.85 bits per heavy atom. The number of amides is 1. The van der Waals surface area contributed by atoms with Crippen LogP contribution in [0, 0.1) is 5.82 Å². The van der Waals surface area contributed by atoms with Crippen molar-refractivity contribution < 1.29 is 13.9 Å². The third-order valence-corrected chi connectivity index (χ3v) is 4.49. The van der Waals surface area contributed by atoms with Gasteiger partial charge in [0.2, 0.25) is 0 Å². The van der Waals surface area contributed by atoms with Gasteiger partial charge in [0, 0.05) is 36.3 Å². The van der Waals surface area contributed by atoms with Crippen LogP contribution in [0.5, 0.6) is 5.75 Å². The van der Waals surface area contributed by atoms with Crippen LogP contribution in [0.4, 0.5) is 4.39 Å². The number of hydrogen-bond donors (Lipinski definition) is 1. The third-order valence-electron chi connectivity index (χ3n) is 4.49. The lowest BCUT2D eigenvalue weighted by molar-refractivity contribution is -0.134. The molecule has 0 saturated carbocycles. The molecule has 1 N–H and O–H groups in total. The van der Waals surface area contributed by atoms with Crippen molar-refractivity contribution in [3.05, 3.63) is 71.7 Å². The Morgan fingerprint density at radius 2 is 2.04 bits per heavy atom. The van der Waals surface area contributed by atoms with E-state index in [9.17, 15) is 9.18 Å². The zero-order valence-electron chi connectivity index (χ0n) is 14.1. The van der Waals surface area contributed by atoms with Crippen LogP contribution in [0.3, 0.4) is 0 Å². The van der Waals surface area contributed by atoms with Crippen LogP contribution < -0.4 is 4.74 Å². The van der Waals surface area contributed by atoms with Crippen molar-refractivity contribution in [3.63, 3.8) is 0 Å². The molecule has 1 amide bonds. The zero-order valence-corrected chi connectivity index (χ0v) is 14.1. The number of nitrogens with zero attached hydrogens (tertiary/aromatic N) is 2. The van der Waals surface area contributed by atoms with Crippen molar-refractivity contribution in [3.8, 4) is 17.0 Å². The van der Waals surface area contributed by atoms with E-state index in [-0.39, 0.29) is 18.3 Å². The number of aromatic nitrogens is 2. The fourth-order valence-corrected chi connectivity index (χ4v) is 3.14. The lowest BCUT2D eigenvalue weighted by Gasteiger charge is -2.27. The van der Waals surface area contributed by atoms with Gasteiger partial charge in [-0.05, 0) is 24.3 Å². The molecule has 1 aliphatic rings. The van der Waals surface area contributed by atoms with E-state index in [1.54, 1.807) is 11.0 Å². The summed E-state index contributed by atoms with van der Waals surface area (Å²) < 4.78 is 19.1. The minimum absolute atomic E-state index is 0.00744. The summed E-state index contributed by atoms with van der Waals surface area (Å²) in [5.41, 5.74) is 3.34. The Morgan fingerprint density at radius 1 is 1.19 bits per heavy atom. The first-order valence-corrected chi connectivity index (χ1v) is 8.48. The molecule has 5 nitrogen and oxygen atoms in total. The summed E-state index contributed by atoms with van der Waals surface area (Å²) in [5.74, 6) is 0.285. The summed E-state index contributed by atoms with van der Waals surface area (Å²) in [6.07, 6.45) is 0.689. The second kappa shape index (κ2) is 7.00. The SMILES string of the molecule is O=C(COc1ccccc1)N1CCc2[nH]nc(-c3cccc(F)c3)c2C1. The summed E-state index contributed by atoms with van der Waals surface area (Å²) in [5, 5.41) is 7.36. The molecule has 1 aromatic heterocycles. The van der Waals surface area contributed by atoms with Gasteiger partial charge in [-0.1, -0.05) is 30.3 Å². The largest absolute Gasteiger partial charge is 0.484 e. The number of carbonyl (C=O) groups is 1. The number of hydrogen-bond acceptors (Lipinski definition) is 3. The zero-order chi connectivity index (χ0) is 17.9. The second-order valence-corrected chi connectivity index (χ2v) is 6.21. The van der Waals surface area contributed by atoms with Gasteiger partial charge in [0.15, 0.2) is 6.61 Å². The molecule has 0 unspecified atom stereocenters. The van der Waals surface area contributed by atoms with E-state index >= 15 is 0 Å². The number of rotatable bonds is 4. The van der Waals surface area contributed by atoms with E-state index in [4.69, 9.17) is 4.74 Å². The van der Waals surface area contributed by atoms with Gasteiger partial charge in [0.05, 0.1) is 5.69 Å². The average molecular weight is 351 g/mol. The highest BCUT2D eigenvalue weighted by Crippen LogP contribution is 2.28. The lowest BCUT2D eigenvalue weighted by atomic mass is 10.0. The van der Waals surface area contributed by atoms with Gasteiger partial charge in [-0.15, -0.1) is 0 Å². The predicted octanol–water partition coefficient (Wildman–Crippen LogP) is 3.18. The first kappa shape index (κ1) is 16.3. The number of para-hydroxylation sites is 1. The molecule has 4 rings (SSSR count). The first-order chi connectivity index (χ1) is 12.7. The summed E-state index contributed by atoms with van der Waals surface area (Å²) in [6.45, 7) is 1.04. The standard InChI is InChI=1S/C20H18FN3O2/c21-15-6-4-5-14(11-15)20-17-12-24(10-9-18(17)22-23-20)19(25)13-26-16-7-2-1-3-8-16/h1-8,11H,9-10,12-13H2,(H,22,23). The molecular weight excluding hydrogens is 333 g/mol. The van der Waals surface area contributed by atoms with Crippen LogP contribution in [0.15, 0.2) is 54.6 Å². The Bertz CT molecular complexity index is 924. The maximum atomic E-state index is 13.5. The van der Waals surface area contributed by atoms with Crippen molar-refractivity contribution in [2.75, 3.05) is 13.2 Å². The van der Waals surface area contributed by atoms with Gasteiger partial charge in [-0.2, -0.15) is 5.10 Å². The maximum absolute atomic E-state index is 13.5. The van der Waals surface area contributed by atoms with Crippen molar-refractivity contribution in [1.29, 1.82) is 0 Å². The molecule has 0 fully saturated rings. The molecule has 0 saturated heterocycles. The van der Waals surface area contributed by atoms with E-state index < -0.39 is 0 Å². The van der Waals surface area contributed by atoms with Gasteiger partial charge in [-0.25, -0.2) is 4.39 Å². The molecule has 3 aromatic rings. The first-order valence-electron chi connectivity index (χ1n) is 8.48. The number of benzene rings is 2. The number of aromatic amines is 1. The van der Waals surface area contributed by atoms with Crippen molar-refractivity contribution in [1.82, 2.24) is 15.1 Å². The van der Waals surface area contributed by atoms with E-state index in [2.05, 4.69) is 10.2 Å². The van der Waals surface area contributed by atoms with E-state index in [1.165, 1.54) is 12.1 Å². The number of H-pyrrole nitrogens is 1. The Balaban J connectivity index is 1.49. The molecule has 6 heteroatoms. The van der Waals surface area contributed by atoms with Crippen LogP contribution in [0.25, 0.3) is 11.3 Å². The molecule has 0 atom stereocenters. The molecule has 2 heterocycles. The highest BCUT2D eigenvalue weighted by atomic mass is 19.1. The van der Waals surface area contributed by atoms with E-state index in [0.717, 1.165) is 11.3 Å². The summed E-state index contributed by atoms with van der Waals surface area (Å²) in [7, 11) is 0. The van der Waals surface area contributed by atoms with Gasteiger partial charge in [0.25, 0.3) is 5.91 Å². The minimum Gasteiger partial charge on any atom is -0.484 e. The molecule has 0 aliphatic carbocycles. The summed E-state index contributed by atoms with van der Waals surface area (Å²) in [4.78, 5) is 14.3. The summed E-state index contributed by atoms with van der Waals surface area (Å²) in [6, 6.07) is 15.6. The van der Waals surface area contributed by atoms with E-state index in [0.29, 0.717) is 36.5 Å². The fourth-order valence-electron chi connectivity index (χ4n) is 3.14. The van der Waals surface area contributed by atoms with Gasteiger partial charge in [0.1, 0.15) is 11.6 Å². The van der Waals surface area contributed by atoms with Crippen molar-refractivity contribution >= 4 is 5.91 Å². The maximum Gasteiger partial charge on any atom is 0.260 e. The predicted molar refractivity (Wildman–Crippen MR) is 95.0 cm³/mol. The van der Waals surface area contributed by atoms with Gasteiger partial charge < -0.3 is 9.64 Å². The second-order valence-electron chi connectivity index (χ2n) is 6.21.